The third kappa shape index (κ3) is 2.59. The zero-order valence-electron chi connectivity index (χ0n) is 8.78. The van der Waals surface area contributed by atoms with Gasteiger partial charge in [0.25, 0.3) is 5.69 Å². The van der Waals surface area contributed by atoms with Crippen LogP contribution in [-0.2, 0) is 6.54 Å². The molecule has 0 aliphatic heterocycles. The van der Waals surface area contributed by atoms with Crippen LogP contribution in [0.15, 0.2) is 30.6 Å². The molecule has 1 aromatic carbocycles. The van der Waals surface area contributed by atoms with Crippen LogP contribution in [0, 0.1) is 10.1 Å². The zero-order valence-corrected chi connectivity index (χ0v) is 9.54. The predicted octanol–water partition coefficient (Wildman–Crippen LogP) is 2.09. The van der Waals surface area contributed by atoms with Crippen LogP contribution in [0.5, 0.6) is 0 Å². The summed E-state index contributed by atoms with van der Waals surface area (Å²) in [6.07, 6.45) is 1.58. The van der Waals surface area contributed by atoms with Crippen LogP contribution in [0.25, 0.3) is 11.4 Å². The lowest BCUT2D eigenvalue weighted by atomic mass is 10.2. The molecule has 0 radical (unpaired) electrons. The number of non-ortho nitro benzene ring substituents is 1. The van der Waals surface area contributed by atoms with Crippen LogP contribution in [0.1, 0.15) is 0 Å². The van der Waals surface area contributed by atoms with Gasteiger partial charge in [-0.3, -0.25) is 14.8 Å². The van der Waals surface area contributed by atoms with E-state index in [2.05, 4.69) is 10.1 Å². The van der Waals surface area contributed by atoms with Gasteiger partial charge in [0.15, 0.2) is 5.82 Å². The number of hydrogen-bond donors (Lipinski definition) is 0. The Labute approximate surface area is 102 Å². The highest BCUT2D eigenvalue weighted by atomic mass is 35.5. The van der Waals surface area contributed by atoms with E-state index in [4.69, 9.17) is 11.6 Å². The van der Waals surface area contributed by atoms with Gasteiger partial charge in [0.1, 0.15) is 6.33 Å². The van der Waals surface area contributed by atoms with Crippen molar-refractivity contribution in [3.8, 4) is 11.4 Å². The molecule has 0 bridgehead atoms. The van der Waals surface area contributed by atoms with Crippen LogP contribution < -0.4 is 0 Å². The molecular weight excluding hydrogens is 244 g/mol. The van der Waals surface area contributed by atoms with Gasteiger partial charge in [0.05, 0.1) is 11.5 Å². The van der Waals surface area contributed by atoms with Crippen molar-refractivity contribution < 1.29 is 4.92 Å². The van der Waals surface area contributed by atoms with E-state index in [0.29, 0.717) is 18.2 Å². The number of rotatable bonds is 4. The first-order valence-corrected chi connectivity index (χ1v) is 5.44. The number of nitro benzene ring substituents is 1. The van der Waals surface area contributed by atoms with E-state index in [1.54, 1.807) is 23.1 Å². The molecule has 0 N–H and O–H groups in total. The molecule has 2 rings (SSSR count). The highest BCUT2D eigenvalue weighted by Crippen LogP contribution is 2.18. The molecule has 0 amide bonds. The van der Waals surface area contributed by atoms with Crippen LogP contribution in [0.4, 0.5) is 5.69 Å². The van der Waals surface area contributed by atoms with Gasteiger partial charge in [-0.2, -0.15) is 5.10 Å². The van der Waals surface area contributed by atoms with E-state index in [1.807, 2.05) is 0 Å². The van der Waals surface area contributed by atoms with Crippen LogP contribution in [-0.4, -0.2) is 25.6 Å². The molecule has 0 saturated heterocycles. The van der Waals surface area contributed by atoms with E-state index in [9.17, 15) is 10.1 Å². The molecule has 17 heavy (non-hydrogen) atoms. The lowest BCUT2D eigenvalue weighted by molar-refractivity contribution is -0.384. The standard InChI is InChI=1S/C10H9ClN4O2/c11-5-6-14-7-12-10(13-14)8-1-3-9(4-2-8)15(16)17/h1-4,7H,5-6H2. The molecule has 2 aromatic rings. The normalized spacial score (nSPS) is 10.4. The van der Waals surface area contributed by atoms with Crippen molar-refractivity contribution in [1.29, 1.82) is 0 Å². The minimum absolute atomic E-state index is 0.0499. The molecule has 0 spiro atoms. The van der Waals surface area contributed by atoms with Crippen LogP contribution in [0.2, 0.25) is 0 Å². The fourth-order valence-corrected chi connectivity index (χ4v) is 1.53. The summed E-state index contributed by atoms with van der Waals surface area (Å²) in [5.74, 6) is 0.994. The first kappa shape index (κ1) is 11.5. The summed E-state index contributed by atoms with van der Waals surface area (Å²) in [5, 5.41) is 14.7. The average Bonchev–Trinajstić information content (AvgIpc) is 2.78. The van der Waals surface area contributed by atoms with E-state index in [0.717, 1.165) is 5.56 Å². The van der Waals surface area contributed by atoms with Crippen molar-refractivity contribution in [1.82, 2.24) is 14.8 Å². The number of aryl methyl sites for hydroxylation is 1. The SMILES string of the molecule is O=[N+]([O-])c1ccc(-c2ncn(CCCl)n2)cc1. The average molecular weight is 253 g/mol. The largest absolute Gasteiger partial charge is 0.269 e. The van der Waals surface area contributed by atoms with Crippen molar-refractivity contribution in [3.05, 3.63) is 40.7 Å². The predicted molar refractivity (Wildman–Crippen MR) is 62.8 cm³/mol. The zero-order chi connectivity index (χ0) is 12.3. The van der Waals surface area contributed by atoms with Crippen molar-refractivity contribution in [2.45, 2.75) is 6.54 Å². The first-order valence-electron chi connectivity index (χ1n) is 4.91. The summed E-state index contributed by atoms with van der Waals surface area (Å²) in [6, 6.07) is 6.10. The summed E-state index contributed by atoms with van der Waals surface area (Å²) in [7, 11) is 0. The summed E-state index contributed by atoms with van der Waals surface area (Å²) >= 11 is 5.58. The number of benzene rings is 1. The molecule has 6 nitrogen and oxygen atoms in total. The van der Waals surface area contributed by atoms with Gasteiger partial charge in [0.2, 0.25) is 0 Å². The van der Waals surface area contributed by atoms with E-state index in [-0.39, 0.29) is 5.69 Å². The number of nitro groups is 1. The third-order valence-corrected chi connectivity index (χ3v) is 2.36. The van der Waals surface area contributed by atoms with Crippen LogP contribution >= 0.6 is 11.6 Å². The van der Waals surface area contributed by atoms with Gasteiger partial charge in [-0.15, -0.1) is 11.6 Å². The Balaban J connectivity index is 2.23. The minimum atomic E-state index is -0.441. The summed E-state index contributed by atoms with van der Waals surface area (Å²) in [4.78, 5) is 14.2. The van der Waals surface area contributed by atoms with Crippen molar-refractivity contribution in [2.24, 2.45) is 0 Å². The monoisotopic (exact) mass is 252 g/mol. The molecule has 0 saturated carbocycles. The molecule has 0 fully saturated rings. The highest BCUT2D eigenvalue weighted by Gasteiger charge is 2.07. The first-order chi connectivity index (χ1) is 8.20. The van der Waals surface area contributed by atoms with Crippen molar-refractivity contribution in [3.63, 3.8) is 0 Å². The second-order valence-corrected chi connectivity index (χ2v) is 3.70. The van der Waals surface area contributed by atoms with E-state index in [1.165, 1.54) is 12.1 Å². The van der Waals surface area contributed by atoms with Crippen molar-refractivity contribution >= 4 is 17.3 Å². The smallest absolute Gasteiger partial charge is 0.258 e. The minimum Gasteiger partial charge on any atom is -0.258 e. The molecule has 88 valence electrons. The second kappa shape index (κ2) is 4.92. The van der Waals surface area contributed by atoms with E-state index < -0.39 is 4.92 Å². The van der Waals surface area contributed by atoms with E-state index >= 15 is 0 Å². The molecule has 0 atom stereocenters. The van der Waals surface area contributed by atoms with Crippen molar-refractivity contribution in [2.75, 3.05) is 5.88 Å². The Morgan fingerprint density at radius 2 is 2.06 bits per heavy atom. The maximum atomic E-state index is 10.5. The highest BCUT2D eigenvalue weighted by molar-refractivity contribution is 6.17. The quantitative estimate of drug-likeness (QED) is 0.474. The molecule has 1 aromatic heterocycles. The number of halogens is 1. The Kier molecular flexibility index (Phi) is 3.34. The summed E-state index contributed by atoms with van der Waals surface area (Å²) < 4.78 is 1.63. The maximum Gasteiger partial charge on any atom is 0.269 e. The molecular formula is C10H9ClN4O2. The molecule has 7 heteroatoms. The summed E-state index contributed by atoms with van der Waals surface area (Å²) in [5.41, 5.74) is 0.790. The van der Waals surface area contributed by atoms with Gasteiger partial charge in [-0.25, -0.2) is 4.98 Å². The number of nitrogens with zero attached hydrogens (tertiary/aromatic N) is 4. The second-order valence-electron chi connectivity index (χ2n) is 3.32. The van der Waals surface area contributed by atoms with Gasteiger partial charge < -0.3 is 0 Å². The van der Waals surface area contributed by atoms with Gasteiger partial charge in [-0.1, -0.05) is 0 Å². The number of alkyl halides is 1. The summed E-state index contributed by atoms with van der Waals surface area (Å²) in [6.45, 7) is 0.585. The van der Waals surface area contributed by atoms with Gasteiger partial charge in [0, 0.05) is 23.6 Å². The van der Waals surface area contributed by atoms with Crippen LogP contribution in [0.3, 0.4) is 0 Å². The number of hydrogen-bond acceptors (Lipinski definition) is 4. The lowest BCUT2D eigenvalue weighted by Gasteiger charge is -1.96. The van der Waals surface area contributed by atoms with Gasteiger partial charge >= 0.3 is 0 Å². The van der Waals surface area contributed by atoms with Gasteiger partial charge in [-0.05, 0) is 12.1 Å². The Morgan fingerprint density at radius 3 is 2.65 bits per heavy atom. The third-order valence-electron chi connectivity index (χ3n) is 2.19. The molecule has 0 aliphatic carbocycles. The Bertz CT molecular complexity index is 523. The Hall–Kier alpha value is -1.95. The Morgan fingerprint density at radius 1 is 1.35 bits per heavy atom. The lowest BCUT2D eigenvalue weighted by Crippen LogP contribution is -1.99. The molecule has 0 unspecified atom stereocenters. The number of aromatic nitrogens is 3. The maximum absolute atomic E-state index is 10.5. The fraction of sp³-hybridized carbons (Fsp3) is 0.200. The topological polar surface area (TPSA) is 73.8 Å². The fourth-order valence-electron chi connectivity index (χ4n) is 1.35. The molecule has 0 aliphatic rings. The molecule has 1 heterocycles.